The number of hydrogen-bond donors (Lipinski definition) is 2. The Morgan fingerprint density at radius 2 is 1.60 bits per heavy atom. The first kappa shape index (κ1) is 17.4. The van der Waals surface area contributed by atoms with E-state index in [9.17, 15) is 0 Å². The Labute approximate surface area is 123 Å². The topological polar surface area (TPSA) is 46.5 Å². The number of aliphatic hydroxyl groups excluding tert-OH is 2. The van der Waals surface area contributed by atoms with Crippen LogP contribution in [0, 0.1) is 0 Å². The molecule has 0 bridgehead atoms. The summed E-state index contributed by atoms with van der Waals surface area (Å²) < 4.78 is 0. The van der Waals surface area contributed by atoms with E-state index in [2.05, 4.69) is 50.7 Å². The van der Waals surface area contributed by atoms with Gasteiger partial charge in [0.05, 0.1) is 18.8 Å². The van der Waals surface area contributed by atoms with E-state index in [1.807, 2.05) is 0 Å². The van der Waals surface area contributed by atoms with Gasteiger partial charge in [-0.05, 0) is 27.7 Å². The number of aliphatic hydroxyl groups is 2. The van der Waals surface area contributed by atoms with Crippen molar-refractivity contribution >= 4 is 0 Å². The normalized spacial score (nSPS) is 31.3. The molecule has 0 aromatic carbocycles. The van der Waals surface area contributed by atoms with Crippen molar-refractivity contribution in [3.63, 3.8) is 0 Å². The smallest absolute Gasteiger partial charge is 0.0845 e. The molecule has 2 fully saturated rings. The summed E-state index contributed by atoms with van der Waals surface area (Å²) in [4.78, 5) is 4.44. The van der Waals surface area contributed by atoms with Crippen LogP contribution >= 0.6 is 0 Å². The van der Waals surface area contributed by atoms with E-state index in [4.69, 9.17) is 10.2 Å². The van der Waals surface area contributed by atoms with Crippen molar-refractivity contribution in [3.05, 3.63) is 25.3 Å². The molecule has 0 aliphatic carbocycles. The Hall–Kier alpha value is -0.680. The predicted molar refractivity (Wildman–Crippen MR) is 83.7 cm³/mol. The Morgan fingerprint density at radius 1 is 1.10 bits per heavy atom. The lowest BCUT2D eigenvalue weighted by atomic mass is 10.2. The SMILES string of the molecule is C=CC(CO)N1CC1(C)C.C=CC(O)CN1CC1(C)C. The van der Waals surface area contributed by atoms with Crippen molar-refractivity contribution < 1.29 is 10.2 Å². The van der Waals surface area contributed by atoms with E-state index in [-0.39, 0.29) is 18.8 Å². The highest BCUT2D eigenvalue weighted by Gasteiger charge is 2.45. The van der Waals surface area contributed by atoms with Gasteiger partial charge in [-0.2, -0.15) is 0 Å². The van der Waals surface area contributed by atoms with E-state index in [1.54, 1.807) is 12.2 Å². The fraction of sp³-hybridized carbons (Fsp3) is 0.750. The van der Waals surface area contributed by atoms with Crippen molar-refractivity contribution in [1.82, 2.24) is 9.80 Å². The molecule has 2 aliphatic heterocycles. The molecule has 0 saturated carbocycles. The zero-order chi connectivity index (χ0) is 15.6. The number of hydrogen-bond acceptors (Lipinski definition) is 4. The summed E-state index contributed by atoms with van der Waals surface area (Å²) in [5.74, 6) is 0. The third-order valence-electron chi connectivity index (χ3n) is 4.10. The average molecular weight is 282 g/mol. The van der Waals surface area contributed by atoms with Crippen LogP contribution in [0.3, 0.4) is 0 Å². The first-order valence-corrected chi connectivity index (χ1v) is 7.24. The minimum atomic E-state index is -0.359. The Balaban J connectivity index is 0.000000200. The second-order valence-electron chi connectivity index (χ2n) is 6.92. The van der Waals surface area contributed by atoms with Crippen LogP contribution in [0.1, 0.15) is 27.7 Å². The van der Waals surface area contributed by atoms with Gasteiger partial charge in [0.25, 0.3) is 0 Å². The van der Waals surface area contributed by atoms with Crippen LogP contribution in [0.2, 0.25) is 0 Å². The van der Waals surface area contributed by atoms with Crippen molar-refractivity contribution in [3.8, 4) is 0 Å². The van der Waals surface area contributed by atoms with Crippen LogP contribution in [0.15, 0.2) is 25.3 Å². The molecular formula is C16H30N2O2. The molecule has 2 saturated heterocycles. The van der Waals surface area contributed by atoms with Crippen LogP contribution in [0.5, 0.6) is 0 Å². The van der Waals surface area contributed by atoms with E-state index < -0.39 is 0 Å². The first-order chi connectivity index (χ1) is 9.17. The van der Waals surface area contributed by atoms with Crippen molar-refractivity contribution in [2.45, 2.75) is 50.9 Å². The molecule has 4 nitrogen and oxygen atoms in total. The molecule has 4 atom stereocenters. The van der Waals surface area contributed by atoms with Crippen LogP contribution in [-0.4, -0.2) is 69.5 Å². The van der Waals surface area contributed by atoms with Crippen LogP contribution in [-0.2, 0) is 0 Å². The van der Waals surface area contributed by atoms with Gasteiger partial charge in [0.1, 0.15) is 0 Å². The quantitative estimate of drug-likeness (QED) is 0.569. The van der Waals surface area contributed by atoms with Gasteiger partial charge in [-0.3, -0.25) is 9.80 Å². The molecule has 2 rings (SSSR count). The number of nitrogens with zero attached hydrogens (tertiary/aromatic N) is 2. The molecule has 4 heteroatoms. The summed E-state index contributed by atoms with van der Waals surface area (Å²) >= 11 is 0. The Bertz CT molecular complexity index is 352. The van der Waals surface area contributed by atoms with E-state index in [0.717, 1.165) is 19.6 Å². The second-order valence-corrected chi connectivity index (χ2v) is 6.92. The monoisotopic (exact) mass is 282 g/mol. The van der Waals surface area contributed by atoms with Crippen LogP contribution in [0.25, 0.3) is 0 Å². The molecule has 116 valence electrons. The summed E-state index contributed by atoms with van der Waals surface area (Å²) in [5, 5.41) is 18.0. The summed E-state index contributed by atoms with van der Waals surface area (Å²) in [5.41, 5.74) is 0.617. The molecule has 0 spiro atoms. The maximum Gasteiger partial charge on any atom is 0.0845 e. The van der Waals surface area contributed by atoms with Gasteiger partial charge >= 0.3 is 0 Å². The van der Waals surface area contributed by atoms with Gasteiger partial charge < -0.3 is 10.2 Å². The van der Waals surface area contributed by atoms with Gasteiger partial charge in [-0.15, -0.1) is 13.2 Å². The summed E-state index contributed by atoms with van der Waals surface area (Å²) in [6.45, 7) is 18.9. The molecule has 0 aromatic heterocycles. The van der Waals surface area contributed by atoms with Gasteiger partial charge in [0.15, 0.2) is 0 Å². The fourth-order valence-corrected chi connectivity index (χ4v) is 2.29. The molecule has 2 aliphatic rings. The maximum atomic E-state index is 9.14. The van der Waals surface area contributed by atoms with Gasteiger partial charge in [0.2, 0.25) is 0 Å². The van der Waals surface area contributed by atoms with Crippen LogP contribution < -0.4 is 0 Å². The highest BCUT2D eigenvalue weighted by Crippen LogP contribution is 2.33. The molecule has 0 amide bonds. The lowest BCUT2D eigenvalue weighted by Crippen LogP contribution is -2.24. The second kappa shape index (κ2) is 6.39. The van der Waals surface area contributed by atoms with Crippen LogP contribution in [0.4, 0.5) is 0 Å². The molecule has 2 heterocycles. The van der Waals surface area contributed by atoms with Gasteiger partial charge in [-0.25, -0.2) is 0 Å². The standard InChI is InChI=1S/2C8H15NO/c1-4-7(5-10)9-6-8(9,2)3;1-4-7(10)5-9-6-8(9,2)3/h2*4,7,10H,1,5-6H2,2-3H3. The lowest BCUT2D eigenvalue weighted by molar-refractivity contribution is 0.190. The summed E-state index contributed by atoms with van der Waals surface area (Å²) in [7, 11) is 0. The Kier molecular flexibility index (Phi) is 5.55. The predicted octanol–water partition coefficient (Wildman–Crippen LogP) is 1.25. The summed E-state index contributed by atoms with van der Waals surface area (Å²) in [6, 6.07) is 0.162. The van der Waals surface area contributed by atoms with Gasteiger partial charge in [0, 0.05) is 30.7 Å². The maximum absolute atomic E-state index is 9.14. The van der Waals surface area contributed by atoms with Crippen molar-refractivity contribution in [2.75, 3.05) is 26.2 Å². The lowest BCUT2D eigenvalue weighted by Gasteiger charge is -2.13. The molecular weight excluding hydrogens is 252 g/mol. The van der Waals surface area contributed by atoms with E-state index in [1.165, 1.54) is 0 Å². The zero-order valence-electron chi connectivity index (χ0n) is 13.3. The highest BCUT2D eigenvalue weighted by molar-refractivity contribution is 5.07. The molecule has 4 unspecified atom stereocenters. The van der Waals surface area contributed by atoms with Crippen molar-refractivity contribution in [2.24, 2.45) is 0 Å². The third-order valence-corrected chi connectivity index (χ3v) is 4.10. The number of rotatable bonds is 6. The first-order valence-electron chi connectivity index (χ1n) is 7.24. The fourth-order valence-electron chi connectivity index (χ4n) is 2.29. The van der Waals surface area contributed by atoms with E-state index >= 15 is 0 Å². The zero-order valence-corrected chi connectivity index (χ0v) is 13.3. The van der Waals surface area contributed by atoms with Crippen molar-refractivity contribution in [1.29, 1.82) is 0 Å². The minimum Gasteiger partial charge on any atom is -0.394 e. The Morgan fingerprint density at radius 3 is 1.80 bits per heavy atom. The molecule has 20 heavy (non-hydrogen) atoms. The average Bonchev–Trinajstić information content (AvgIpc) is 3.18. The molecule has 0 radical (unpaired) electrons. The minimum absolute atomic E-state index is 0.162. The molecule has 0 aromatic rings. The van der Waals surface area contributed by atoms with E-state index in [0.29, 0.717) is 11.1 Å². The van der Waals surface area contributed by atoms with Gasteiger partial charge in [-0.1, -0.05) is 12.2 Å². The highest BCUT2D eigenvalue weighted by atomic mass is 16.3. The largest absolute Gasteiger partial charge is 0.394 e. The third kappa shape index (κ3) is 4.70. The summed E-state index contributed by atoms with van der Waals surface area (Å²) in [6.07, 6.45) is 3.02. The number of β-amino-alcohol motifs (C(OH)–C–C–N with tert-alkyl or cyclic N) is 1. The molecule has 2 N–H and O–H groups in total.